The monoisotopic (exact) mass is 223 g/mol. The summed E-state index contributed by atoms with van der Waals surface area (Å²) in [4.78, 5) is 0. The van der Waals surface area contributed by atoms with Gasteiger partial charge in [0.1, 0.15) is 5.75 Å². The predicted molar refractivity (Wildman–Crippen MR) is 66.5 cm³/mol. The first-order valence-electron chi connectivity index (χ1n) is 5.67. The van der Waals surface area contributed by atoms with Gasteiger partial charge in [-0.2, -0.15) is 0 Å². The van der Waals surface area contributed by atoms with E-state index in [1.165, 1.54) is 0 Å². The highest BCUT2D eigenvalue weighted by Gasteiger charge is 2.04. The van der Waals surface area contributed by atoms with Crippen molar-refractivity contribution >= 4 is 0 Å². The van der Waals surface area contributed by atoms with Crippen LogP contribution in [-0.2, 0) is 0 Å². The fraction of sp³-hybridized carbons (Fsp3) is 0.500. The molecular weight excluding hydrogens is 202 g/mol. The summed E-state index contributed by atoms with van der Waals surface area (Å²) in [5.41, 5.74) is 12.5. The van der Waals surface area contributed by atoms with Gasteiger partial charge in [-0.1, -0.05) is 12.1 Å². The lowest BCUT2D eigenvalue weighted by molar-refractivity contribution is 0.340. The molecule has 4 nitrogen and oxygen atoms in total. The summed E-state index contributed by atoms with van der Waals surface area (Å²) in [6, 6.07) is 7.89. The Hall–Kier alpha value is -1.10. The molecule has 1 aromatic carbocycles. The van der Waals surface area contributed by atoms with Crippen LogP contribution < -0.4 is 21.5 Å². The van der Waals surface area contributed by atoms with E-state index in [2.05, 4.69) is 5.32 Å². The zero-order valence-corrected chi connectivity index (χ0v) is 9.78. The number of nitrogens with one attached hydrogen (secondary N) is 1. The van der Waals surface area contributed by atoms with Crippen LogP contribution in [0.4, 0.5) is 0 Å². The van der Waals surface area contributed by atoms with Crippen molar-refractivity contribution in [2.24, 2.45) is 11.5 Å². The lowest BCUT2D eigenvalue weighted by atomic mass is 10.1. The van der Waals surface area contributed by atoms with Crippen LogP contribution in [0, 0.1) is 0 Å². The molecule has 0 aliphatic heterocycles. The maximum atomic E-state index is 6.02. The highest BCUT2D eigenvalue weighted by atomic mass is 16.5. The largest absolute Gasteiger partial charge is 0.494 e. The van der Waals surface area contributed by atoms with Crippen LogP contribution in [0.1, 0.15) is 18.5 Å². The highest BCUT2D eigenvalue weighted by Crippen LogP contribution is 2.15. The lowest BCUT2D eigenvalue weighted by Gasteiger charge is -2.13. The second-order valence-corrected chi connectivity index (χ2v) is 3.60. The van der Waals surface area contributed by atoms with Gasteiger partial charge in [-0.05, 0) is 24.6 Å². The van der Waals surface area contributed by atoms with Gasteiger partial charge in [0, 0.05) is 25.7 Å². The molecule has 0 amide bonds. The zero-order valence-electron chi connectivity index (χ0n) is 9.78. The third-order valence-electron chi connectivity index (χ3n) is 2.30. The standard InChI is InChI=1S/C12H21N3O/c1-2-16-11-5-3-10(4-6-11)12(14)9-15-8-7-13/h3-6,12,15H,2,7-9,13-14H2,1H3/t12-/m1/s1. The Kier molecular flexibility index (Phi) is 5.85. The Balaban J connectivity index is 2.46. The zero-order chi connectivity index (χ0) is 11.8. The third-order valence-corrected chi connectivity index (χ3v) is 2.30. The van der Waals surface area contributed by atoms with Crippen LogP contribution in [0.3, 0.4) is 0 Å². The average Bonchev–Trinajstić information content (AvgIpc) is 2.30. The van der Waals surface area contributed by atoms with E-state index >= 15 is 0 Å². The van der Waals surface area contributed by atoms with E-state index < -0.39 is 0 Å². The van der Waals surface area contributed by atoms with Gasteiger partial charge in [0.15, 0.2) is 0 Å². The van der Waals surface area contributed by atoms with Gasteiger partial charge in [-0.25, -0.2) is 0 Å². The van der Waals surface area contributed by atoms with Crippen molar-refractivity contribution in [1.29, 1.82) is 0 Å². The summed E-state index contributed by atoms with van der Waals surface area (Å²) in [5.74, 6) is 0.883. The second-order valence-electron chi connectivity index (χ2n) is 3.60. The number of nitrogens with two attached hydrogens (primary N) is 2. The molecule has 0 aromatic heterocycles. The number of ether oxygens (including phenoxy) is 1. The Bertz CT molecular complexity index is 287. The molecule has 0 spiro atoms. The molecule has 16 heavy (non-hydrogen) atoms. The molecule has 0 aliphatic carbocycles. The number of rotatable bonds is 7. The van der Waals surface area contributed by atoms with Crippen molar-refractivity contribution in [2.45, 2.75) is 13.0 Å². The molecule has 0 aliphatic rings. The fourth-order valence-corrected chi connectivity index (χ4v) is 1.46. The van der Waals surface area contributed by atoms with Crippen LogP contribution in [0.15, 0.2) is 24.3 Å². The maximum Gasteiger partial charge on any atom is 0.119 e. The molecule has 0 saturated carbocycles. The first-order chi connectivity index (χ1) is 7.77. The van der Waals surface area contributed by atoms with Crippen molar-refractivity contribution in [3.63, 3.8) is 0 Å². The van der Waals surface area contributed by atoms with Gasteiger partial charge >= 0.3 is 0 Å². The van der Waals surface area contributed by atoms with E-state index in [0.29, 0.717) is 13.2 Å². The maximum absolute atomic E-state index is 6.02. The van der Waals surface area contributed by atoms with Gasteiger partial charge in [0.2, 0.25) is 0 Å². The van der Waals surface area contributed by atoms with E-state index in [1.54, 1.807) is 0 Å². The molecule has 90 valence electrons. The fourth-order valence-electron chi connectivity index (χ4n) is 1.46. The highest BCUT2D eigenvalue weighted by molar-refractivity contribution is 5.29. The molecule has 1 aromatic rings. The summed E-state index contributed by atoms with van der Waals surface area (Å²) in [6.07, 6.45) is 0. The predicted octanol–water partition coefficient (Wildman–Crippen LogP) is 0.633. The average molecular weight is 223 g/mol. The molecule has 4 heteroatoms. The minimum Gasteiger partial charge on any atom is -0.494 e. The van der Waals surface area contributed by atoms with E-state index in [9.17, 15) is 0 Å². The Labute approximate surface area is 97.0 Å². The van der Waals surface area contributed by atoms with Crippen LogP contribution >= 0.6 is 0 Å². The third kappa shape index (κ3) is 4.18. The quantitative estimate of drug-likeness (QED) is 0.593. The molecule has 0 bridgehead atoms. The minimum atomic E-state index is 0.00206. The molecule has 0 radical (unpaired) electrons. The molecule has 0 fully saturated rings. The number of hydrogen-bond acceptors (Lipinski definition) is 4. The summed E-state index contributed by atoms with van der Waals surface area (Å²) >= 11 is 0. The molecule has 0 heterocycles. The van der Waals surface area contributed by atoms with Crippen molar-refractivity contribution in [3.8, 4) is 5.75 Å². The lowest BCUT2D eigenvalue weighted by Crippen LogP contribution is -2.30. The molecule has 1 rings (SSSR count). The summed E-state index contributed by atoms with van der Waals surface area (Å²) in [7, 11) is 0. The van der Waals surface area contributed by atoms with Gasteiger partial charge in [-0.15, -0.1) is 0 Å². The second kappa shape index (κ2) is 7.22. The molecule has 5 N–H and O–H groups in total. The van der Waals surface area contributed by atoms with E-state index in [-0.39, 0.29) is 6.04 Å². The number of benzene rings is 1. The normalized spacial score (nSPS) is 12.4. The van der Waals surface area contributed by atoms with E-state index in [1.807, 2.05) is 31.2 Å². The van der Waals surface area contributed by atoms with Crippen molar-refractivity contribution in [1.82, 2.24) is 5.32 Å². The van der Waals surface area contributed by atoms with E-state index in [0.717, 1.165) is 24.4 Å². The number of hydrogen-bond donors (Lipinski definition) is 3. The SMILES string of the molecule is CCOc1ccc([C@H](N)CNCCN)cc1. The van der Waals surface area contributed by atoms with Crippen LogP contribution in [-0.4, -0.2) is 26.2 Å². The minimum absolute atomic E-state index is 0.00206. The van der Waals surface area contributed by atoms with Gasteiger partial charge in [-0.3, -0.25) is 0 Å². The first-order valence-corrected chi connectivity index (χ1v) is 5.67. The van der Waals surface area contributed by atoms with Crippen molar-refractivity contribution in [2.75, 3.05) is 26.2 Å². The van der Waals surface area contributed by atoms with E-state index in [4.69, 9.17) is 16.2 Å². The topological polar surface area (TPSA) is 73.3 Å². The molecular formula is C12H21N3O. The first kappa shape index (κ1) is 13.0. The Morgan fingerprint density at radius 3 is 2.56 bits per heavy atom. The van der Waals surface area contributed by atoms with Crippen LogP contribution in [0.2, 0.25) is 0 Å². The Morgan fingerprint density at radius 1 is 1.31 bits per heavy atom. The molecule has 0 saturated heterocycles. The van der Waals surface area contributed by atoms with Crippen LogP contribution in [0.5, 0.6) is 5.75 Å². The summed E-state index contributed by atoms with van der Waals surface area (Å²) in [5, 5.41) is 3.19. The van der Waals surface area contributed by atoms with Crippen molar-refractivity contribution < 1.29 is 4.74 Å². The molecule has 1 atom stereocenters. The summed E-state index contributed by atoms with van der Waals surface area (Å²) in [6.45, 7) is 4.83. The van der Waals surface area contributed by atoms with Crippen molar-refractivity contribution in [3.05, 3.63) is 29.8 Å². The van der Waals surface area contributed by atoms with Gasteiger partial charge < -0.3 is 21.5 Å². The van der Waals surface area contributed by atoms with Crippen LogP contribution in [0.25, 0.3) is 0 Å². The molecule has 0 unspecified atom stereocenters. The smallest absolute Gasteiger partial charge is 0.119 e. The van der Waals surface area contributed by atoms with Gasteiger partial charge in [0.05, 0.1) is 6.61 Å². The Morgan fingerprint density at radius 2 is 2.00 bits per heavy atom. The van der Waals surface area contributed by atoms with Gasteiger partial charge in [0.25, 0.3) is 0 Å². The summed E-state index contributed by atoms with van der Waals surface area (Å²) < 4.78 is 5.37.